The largest absolute Gasteiger partial charge is 0.245 e. The molecule has 2 heterocycles. The van der Waals surface area contributed by atoms with Crippen LogP contribution in [0, 0.1) is 0 Å². The van der Waals surface area contributed by atoms with Crippen LogP contribution in [0.4, 0.5) is 0 Å². The fourth-order valence-corrected chi connectivity index (χ4v) is 4.86. The van der Waals surface area contributed by atoms with Gasteiger partial charge in [0.25, 0.3) is 0 Å². The van der Waals surface area contributed by atoms with E-state index < -0.39 is 10.0 Å². The van der Waals surface area contributed by atoms with Crippen molar-refractivity contribution in [3.05, 3.63) is 18.2 Å². The van der Waals surface area contributed by atoms with Crippen molar-refractivity contribution in [1.82, 2.24) is 13.1 Å². The predicted octanol–water partition coefficient (Wildman–Crippen LogP) is 2.65. The first-order valence-electron chi connectivity index (χ1n) is 6.91. The fourth-order valence-electron chi connectivity index (χ4n) is 2.59. The number of hydrogen-bond acceptors (Lipinski definition) is 5. The van der Waals surface area contributed by atoms with Crippen LogP contribution >= 0.6 is 11.7 Å². The maximum atomic E-state index is 12.8. The molecule has 1 aromatic heterocycles. The Morgan fingerprint density at radius 2 is 1.70 bits per heavy atom. The quantitative estimate of drug-likeness (QED) is 0.855. The van der Waals surface area contributed by atoms with Crippen LogP contribution in [0.1, 0.15) is 32.1 Å². The Morgan fingerprint density at radius 3 is 2.45 bits per heavy atom. The van der Waals surface area contributed by atoms with E-state index >= 15 is 0 Å². The van der Waals surface area contributed by atoms with Crippen LogP contribution in [0.25, 0.3) is 11.0 Å². The molecule has 0 atom stereocenters. The zero-order chi connectivity index (χ0) is 14.0. The van der Waals surface area contributed by atoms with Gasteiger partial charge in [-0.2, -0.15) is 13.1 Å². The SMILES string of the molecule is O=S(=O)(c1cccc2nsnc12)N1CCCCCCC1. The molecule has 5 nitrogen and oxygen atoms in total. The summed E-state index contributed by atoms with van der Waals surface area (Å²) in [5, 5.41) is 0. The summed E-state index contributed by atoms with van der Waals surface area (Å²) in [7, 11) is -3.46. The minimum Gasteiger partial charge on any atom is -0.207 e. The molecule has 7 heteroatoms. The van der Waals surface area contributed by atoms with Gasteiger partial charge in [-0.3, -0.25) is 0 Å². The molecule has 1 aliphatic heterocycles. The van der Waals surface area contributed by atoms with Gasteiger partial charge in [0, 0.05) is 13.1 Å². The second-order valence-electron chi connectivity index (χ2n) is 5.06. The van der Waals surface area contributed by atoms with Crippen molar-refractivity contribution in [3.8, 4) is 0 Å². The first-order valence-corrected chi connectivity index (χ1v) is 9.08. The van der Waals surface area contributed by atoms with Crippen LogP contribution in [0.3, 0.4) is 0 Å². The highest BCUT2D eigenvalue weighted by molar-refractivity contribution is 7.89. The number of rotatable bonds is 2. The van der Waals surface area contributed by atoms with E-state index in [1.807, 2.05) is 0 Å². The van der Waals surface area contributed by atoms with Crippen LogP contribution in [0.15, 0.2) is 23.1 Å². The third-order valence-electron chi connectivity index (χ3n) is 3.68. The maximum Gasteiger partial charge on any atom is 0.245 e. The van der Waals surface area contributed by atoms with Gasteiger partial charge in [0.2, 0.25) is 10.0 Å². The average Bonchev–Trinajstić information content (AvgIpc) is 2.85. The van der Waals surface area contributed by atoms with Gasteiger partial charge in [-0.25, -0.2) is 8.42 Å². The molecule has 0 aliphatic carbocycles. The predicted molar refractivity (Wildman–Crippen MR) is 79.3 cm³/mol. The third kappa shape index (κ3) is 2.57. The molecule has 3 rings (SSSR count). The van der Waals surface area contributed by atoms with Gasteiger partial charge >= 0.3 is 0 Å². The van der Waals surface area contributed by atoms with Crippen molar-refractivity contribution in [3.63, 3.8) is 0 Å². The van der Waals surface area contributed by atoms with E-state index in [4.69, 9.17) is 0 Å². The lowest BCUT2D eigenvalue weighted by Crippen LogP contribution is -2.34. The van der Waals surface area contributed by atoms with E-state index in [1.54, 1.807) is 22.5 Å². The van der Waals surface area contributed by atoms with Crippen LogP contribution in [-0.2, 0) is 10.0 Å². The number of nitrogens with zero attached hydrogens (tertiary/aromatic N) is 3. The summed E-state index contributed by atoms with van der Waals surface area (Å²) in [4.78, 5) is 0.296. The summed E-state index contributed by atoms with van der Waals surface area (Å²) in [5.41, 5.74) is 1.16. The Morgan fingerprint density at radius 1 is 1.00 bits per heavy atom. The van der Waals surface area contributed by atoms with E-state index in [0.717, 1.165) is 37.4 Å². The molecular formula is C13H17N3O2S2. The zero-order valence-electron chi connectivity index (χ0n) is 11.2. The van der Waals surface area contributed by atoms with Crippen molar-refractivity contribution in [2.75, 3.05) is 13.1 Å². The third-order valence-corrected chi connectivity index (χ3v) is 6.15. The number of hydrogen-bond donors (Lipinski definition) is 0. The molecule has 1 saturated heterocycles. The van der Waals surface area contributed by atoms with Gasteiger partial charge in [-0.15, -0.1) is 0 Å². The van der Waals surface area contributed by atoms with Crippen LogP contribution in [-0.4, -0.2) is 34.6 Å². The minimum absolute atomic E-state index is 0.296. The topological polar surface area (TPSA) is 63.2 Å². The Bertz CT molecular complexity index is 688. The van der Waals surface area contributed by atoms with Crippen molar-refractivity contribution in [2.24, 2.45) is 0 Å². The Labute approximate surface area is 123 Å². The second-order valence-corrected chi connectivity index (χ2v) is 7.49. The first-order chi connectivity index (χ1) is 9.69. The molecule has 0 spiro atoms. The normalized spacial score (nSPS) is 18.8. The fraction of sp³-hybridized carbons (Fsp3) is 0.538. The van der Waals surface area contributed by atoms with Crippen molar-refractivity contribution >= 4 is 32.8 Å². The summed E-state index contributed by atoms with van der Waals surface area (Å²) in [5.74, 6) is 0. The molecule has 108 valence electrons. The van der Waals surface area contributed by atoms with Crippen LogP contribution in [0.5, 0.6) is 0 Å². The summed E-state index contributed by atoms with van der Waals surface area (Å²) >= 11 is 1.05. The average molecular weight is 311 g/mol. The van der Waals surface area contributed by atoms with Crippen molar-refractivity contribution in [2.45, 2.75) is 37.0 Å². The Hall–Kier alpha value is -1.05. The molecule has 0 saturated carbocycles. The van der Waals surface area contributed by atoms with Gasteiger partial charge in [-0.05, 0) is 25.0 Å². The highest BCUT2D eigenvalue weighted by Gasteiger charge is 2.27. The van der Waals surface area contributed by atoms with Gasteiger partial charge in [-0.1, -0.05) is 25.3 Å². The molecule has 1 aliphatic rings. The lowest BCUT2D eigenvalue weighted by Gasteiger charge is -2.24. The highest BCUT2D eigenvalue weighted by Crippen LogP contribution is 2.25. The van der Waals surface area contributed by atoms with Gasteiger partial charge in [0.1, 0.15) is 15.9 Å². The zero-order valence-corrected chi connectivity index (χ0v) is 12.8. The van der Waals surface area contributed by atoms with E-state index in [1.165, 1.54) is 6.42 Å². The second kappa shape index (κ2) is 5.75. The summed E-state index contributed by atoms with van der Waals surface area (Å²) in [6.07, 6.45) is 5.29. The van der Waals surface area contributed by atoms with Gasteiger partial charge in [0.05, 0.1) is 11.7 Å². The standard InChI is InChI=1S/C13H17N3O2S2/c17-20(18,16-9-4-2-1-3-5-10-16)12-8-6-7-11-13(12)15-19-14-11/h6-8H,1-5,9-10H2. The Kier molecular flexibility index (Phi) is 4.00. The molecule has 2 aromatic rings. The smallest absolute Gasteiger partial charge is 0.207 e. The molecule has 0 N–H and O–H groups in total. The maximum absolute atomic E-state index is 12.8. The number of sulfonamides is 1. The number of aromatic nitrogens is 2. The van der Waals surface area contributed by atoms with Gasteiger partial charge in [0.15, 0.2) is 0 Å². The molecule has 1 fully saturated rings. The summed E-state index contributed by atoms with van der Waals surface area (Å²) < 4.78 is 35.5. The van der Waals surface area contributed by atoms with Crippen LogP contribution < -0.4 is 0 Å². The van der Waals surface area contributed by atoms with E-state index in [2.05, 4.69) is 8.75 Å². The number of benzene rings is 1. The lowest BCUT2D eigenvalue weighted by molar-refractivity contribution is 0.364. The number of fused-ring (bicyclic) bond motifs is 1. The molecule has 0 bridgehead atoms. The lowest BCUT2D eigenvalue weighted by atomic mass is 10.1. The minimum atomic E-state index is -3.46. The van der Waals surface area contributed by atoms with E-state index in [9.17, 15) is 8.42 Å². The molecule has 20 heavy (non-hydrogen) atoms. The molecule has 0 radical (unpaired) electrons. The van der Waals surface area contributed by atoms with Gasteiger partial charge < -0.3 is 0 Å². The van der Waals surface area contributed by atoms with E-state index in [0.29, 0.717) is 29.0 Å². The molecule has 0 unspecified atom stereocenters. The summed E-state index contributed by atoms with van der Waals surface area (Å²) in [6, 6.07) is 5.17. The Balaban J connectivity index is 1.99. The van der Waals surface area contributed by atoms with Crippen molar-refractivity contribution < 1.29 is 8.42 Å². The molecule has 1 aromatic carbocycles. The first kappa shape index (κ1) is 13.9. The van der Waals surface area contributed by atoms with Crippen LogP contribution in [0.2, 0.25) is 0 Å². The summed E-state index contributed by atoms with van der Waals surface area (Å²) in [6.45, 7) is 1.21. The van der Waals surface area contributed by atoms with E-state index in [-0.39, 0.29) is 0 Å². The molecular weight excluding hydrogens is 294 g/mol. The molecule has 0 amide bonds. The van der Waals surface area contributed by atoms with Crippen molar-refractivity contribution in [1.29, 1.82) is 0 Å². The monoisotopic (exact) mass is 311 g/mol. The highest BCUT2D eigenvalue weighted by atomic mass is 32.2.